The van der Waals surface area contributed by atoms with Gasteiger partial charge in [0.15, 0.2) is 11.5 Å². The third-order valence-electron chi connectivity index (χ3n) is 5.63. The number of para-hydroxylation sites is 1. The maximum atomic E-state index is 14.3. The van der Waals surface area contributed by atoms with Crippen LogP contribution in [0.3, 0.4) is 0 Å². The van der Waals surface area contributed by atoms with Crippen molar-refractivity contribution in [2.24, 2.45) is 7.05 Å². The lowest BCUT2D eigenvalue weighted by molar-refractivity contribution is -0.137. The van der Waals surface area contributed by atoms with Gasteiger partial charge < -0.3 is 24.7 Å². The molecule has 5 rings (SSSR count). The minimum Gasteiger partial charge on any atom is -0.485 e. The number of benzene rings is 3. The molecule has 0 aliphatic carbocycles. The first-order valence-corrected chi connectivity index (χ1v) is 11.1. The molecule has 7 nitrogen and oxygen atoms in total. The van der Waals surface area contributed by atoms with E-state index in [-0.39, 0.29) is 52.5 Å². The van der Waals surface area contributed by atoms with Gasteiger partial charge in [-0.2, -0.15) is 13.2 Å². The van der Waals surface area contributed by atoms with Crippen molar-refractivity contribution >= 4 is 45.9 Å². The number of fused-ring (bicyclic) bond motifs is 3. The first-order chi connectivity index (χ1) is 17.5. The summed E-state index contributed by atoms with van der Waals surface area (Å²) in [5.41, 5.74) is -1.35. The predicted molar refractivity (Wildman–Crippen MR) is 126 cm³/mol. The Labute approximate surface area is 210 Å². The highest BCUT2D eigenvalue weighted by Gasteiger charge is 2.32. The fourth-order valence-corrected chi connectivity index (χ4v) is 4.09. The highest BCUT2D eigenvalue weighted by atomic mass is 35.5. The van der Waals surface area contributed by atoms with Crippen molar-refractivity contribution in [3.05, 3.63) is 70.2 Å². The van der Waals surface area contributed by atoms with Crippen LogP contribution in [-0.2, 0) is 13.2 Å². The summed E-state index contributed by atoms with van der Waals surface area (Å²) in [4.78, 5) is 17.5. The summed E-state index contributed by atoms with van der Waals surface area (Å²) in [6, 6.07) is 7.14. The molecule has 3 aromatic carbocycles. The van der Waals surface area contributed by atoms with E-state index in [1.165, 1.54) is 24.3 Å². The largest absolute Gasteiger partial charge is 0.485 e. The molecule has 0 atom stereocenters. The molecule has 2 heterocycles. The van der Waals surface area contributed by atoms with Gasteiger partial charge in [0.05, 0.1) is 33.0 Å². The quantitative estimate of drug-likeness (QED) is 0.299. The molecular weight excluding hydrogens is 523 g/mol. The summed E-state index contributed by atoms with van der Waals surface area (Å²) >= 11 is 6.10. The van der Waals surface area contributed by atoms with Crippen molar-refractivity contribution in [1.29, 1.82) is 0 Å². The van der Waals surface area contributed by atoms with Gasteiger partial charge in [-0.05, 0) is 36.4 Å². The van der Waals surface area contributed by atoms with E-state index >= 15 is 0 Å². The minimum absolute atomic E-state index is 0.00195. The number of imidazole rings is 1. The predicted octanol–water partition coefficient (Wildman–Crippen LogP) is 6.29. The third kappa shape index (κ3) is 4.48. The van der Waals surface area contributed by atoms with Gasteiger partial charge in [-0.15, -0.1) is 0 Å². The zero-order chi connectivity index (χ0) is 26.5. The van der Waals surface area contributed by atoms with Gasteiger partial charge >= 0.3 is 6.18 Å². The maximum absolute atomic E-state index is 14.3. The average molecular weight is 539 g/mol. The number of alkyl halides is 3. The fraction of sp³-hybridized carbons (Fsp3) is 0.167. The van der Waals surface area contributed by atoms with Crippen molar-refractivity contribution < 1.29 is 36.2 Å². The summed E-state index contributed by atoms with van der Waals surface area (Å²) in [6.45, 7) is 0.229. The first-order valence-electron chi connectivity index (χ1n) is 10.7. The molecule has 0 saturated carbocycles. The Morgan fingerprint density at radius 2 is 1.78 bits per heavy atom. The number of anilines is 3. The van der Waals surface area contributed by atoms with E-state index in [0.29, 0.717) is 23.7 Å². The molecule has 13 heteroatoms. The van der Waals surface area contributed by atoms with Gasteiger partial charge in [0, 0.05) is 7.05 Å². The molecule has 0 spiro atoms. The minimum atomic E-state index is -4.74. The number of rotatable bonds is 4. The van der Waals surface area contributed by atoms with Gasteiger partial charge in [-0.3, -0.25) is 4.79 Å². The Balaban J connectivity index is 1.58. The number of halogens is 6. The van der Waals surface area contributed by atoms with E-state index in [0.717, 1.165) is 0 Å². The second kappa shape index (κ2) is 9.11. The topological polar surface area (TPSA) is 77.4 Å². The van der Waals surface area contributed by atoms with Crippen LogP contribution in [0.2, 0.25) is 5.02 Å². The number of carbonyl (C=O) groups excluding carboxylic acids is 1. The Kier molecular flexibility index (Phi) is 6.06. The van der Waals surface area contributed by atoms with E-state index < -0.39 is 35.0 Å². The lowest BCUT2D eigenvalue weighted by atomic mass is 10.1. The van der Waals surface area contributed by atoms with Crippen LogP contribution in [0.1, 0.15) is 15.9 Å². The van der Waals surface area contributed by atoms with Crippen LogP contribution >= 0.6 is 11.6 Å². The Morgan fingerprint density at radius 3 is 2.49 bits per heavy atom. The number of aromatic nitrogens is 2. The van der Waals surface area contributed by atoms with Gasteiger partial charge in [-0.25, -0.2) is 13.8 Å². The second-order valence-corrected chi connectivity index (χ2v) is 8.42. The number of hydrogen-bond acceptors (Lipinski definition) is 5. The molecule has 37 heavy (non-hydrogen) atoms. The number of carbonyl (C=O) groups is 1. The maximum Gasteiger partial charge on any atom is 0.416 e. The highest BCUT2D eigenvalue weighted by Crippen LogP contribution is 2.43. The molecular formula is C24H16ClF5N4O3. The molecule has 192 valence electrons. The Morgan fingerprint density at radius 1 is 1.05 bits per heavy atom. The zero-order valence-electron chi connectivity index (χ0n) is 18.8. The molecule has 0 saturated heterocycles. The number of amides is 1. The molecule has 2 N–H and O–H groups in total. The SMILES string of the molecule is Cn1c(Nc2c(F)cccc2Cl)nc2cc(C(=O)Nc3cc(C(F)(F)F)ccc3F)c3c(c21)OCCO3. The summed E-state index contributed by atoms with van der Waals surface area (Å²) in [5.74, 6) is -2.33. The summed E-state index contributed by atoms with van der Waals surface area (Å²) in [6.07, 6.45) is -4.74. The van der Waals surface area contributed by atoms with Crippen LogP contribution in [0, 0.1) is 11.6 Å². The van der Waals surface area contributed by atoms with Crippen molar-refractivity contribution in [3.8, 4) is 11.5 Å². The average Bonchev–Trinajstić information content (AvgIpc) is 3.16. The fourth-order valence-electron chi connectivity index (χ4n) is 3.88. The Bertz CT molecular complexity index is 1530. The van der Waals surface area contributed by atoms with Gasteiger partial charge in [-0.1, -0.05) is 17.7 Å². The van der Waals surface area contributed by atoms with Gasteiger partial charge in [0.2, 0.25) is 5.95 Å². The van der Waals surface area contributed by atoms with E-state index in [4.69, 9.17) is 21.1 Å². The molecule has 1 aliphatic rings. The van der Waals surface area contributed by atoms with Crippen molar-refractivity contribution in [3.63, 3.8) is 0 Å². The first kappa shape index (κ1) is 24.6. The molecule has 0 bridgehead atoms. The lowest BCUT2D eigenvalue weighted by Crippen LogP contribution is -2.21. The third-order valence-corrected chi connectivity index (χ3v) is 5.95. The normalized spacial score (nSPS) is 13.1. The zero-order valence-corrected chi connectivity index (χ0v) is 19.6. The summed E-state index contributed by atoms with van der Waals surface area (Å²) in [7, 11) is 1.61. The number of nitrogens with zero attached hydrogens (tertiary/aromatic N) is 2. The van der Waals surface area contributed by atoms with Crippen LogP contribution in [0.5, 0.6) is 11.5 Å². The van der Waals surface area contributed by atoms with Crippen LogP contribution in [-0.4, -0.2) is 28.7 Å². The van der Waals surface area contributed by atoms with Crippen LogP contribution < -0.4 is 20.1 Å². The van der Waals surface area contributed by atoms with E-state index in [1.807, 2.05) is 0 Å². The highest BCUT2D eigenvalue weighted by molar-refractivity contribution is 6.33. The van der Waals surface area contributed by atoms with Crippen LogP contribution in [0.15, 0.2) is 42.5 Å². The number of ether oxygens (including phenoxy) is 2. The summed E-state index contributed by atoms with van der Waals surface area (Å²) < 4.78 is 80.8. The van der Waals surface area contributed by atoms with E-state index in [1.54, 1.807) is 11.6 Å². The number of aryl methyl sites for hydroxylation is 1. The molecule has 1 amide bonds. The molecule has 0 unspecified atom stereocenters. The van der Waals surface area contributed by atoms with Gasteiger partial charge in [0.25, 0.3) is 5.91 Å². The monoisotopic (exact) mass is 538 g/mol. The van der Waals surface area contributed by atoms with Crippen LogP contribution in [0.4, 0.5) is 39.3 Å². The van der Waals surface area contributed by atoms with Crippen molar-refractivity contribution in [2.45, 2.75) is 6.18 Å². The van der Waals surface area contributed by atoms with Crippen molar-refractivity contribution in [1.82, 2.24) is 9.55 Å². The molecule has 4 aromatic rings. The smallest absolute Gasteiger partial charge is 0.416 e. The van der Waals surface area contributed by atoms with Crippen LogP contribution in [0.25, 0.3) is 11.0 Å². The molecule has 0 radical (unpaired) electrons. The second-order valence-electron chi connectivity index (χ2n) is 8.01. The lowest BCUT2D eigenvalue weighted by Gasteiger charge is -2.22. The molecule has 0 fully saturated rings. The van der Waals surface area contributed by atoms with Crippen molar-refractivity contribution in [2.75, 3.05) is 23.8 Å². The van der Waals surface area contributed by atoms with E-state index in [9.17, 15) is 26.7 Å². The standard InChI is InChI=1S/C24H16ClF5N4O3/c1-34-19-17(32-23(34)33-18-13(25)3-2-4-15(18)27)10-12(20-21(19)37-8-7-36-20)22(35)31-16-9-11(24(28,29)30)5-6-14(16)26/h2-6,9-10H,7-8H2,1H3,(H,31,35)(H,32,33). The summed E-state index contributed by atoms with van der Waals surface area (Å²) in [5, 5.41) is 5.08. The molecule has 1 aromatic heterocycles. The molecule has 1 aliphatic heterocycles. The van der Waals surface area contributed by atoms with E-state index in [2.05, 4.69) is 15.6 Å². The number of nitrogens with one attached hydrogen (secondary N) is 2. The van der Waals surface area contributed by atoms with Gasteiger partial charge in [0.1, 0.15) is 30.4 Å². The number of hydrogen-bond donors (Lipinski definition) is 2. The Hall–Kier alpha value is -4.06.